The first kappa shape index (κ1) is 22.9. The van der Waals surface area contributed by atoms with Crippen molar-refractivity contribution in [2.45, 2.75) is 43.0 Å². The number of methoxy groups -OCH3 is 1. The first-order chi connectivity index (χ1) is 13.0. The van der Waals surface area contributed by atoms with Gasteiger partial charge in [-0.3, -0.25) is 4.79 Å². The second kappa shape index (κ2) is 9.91. The molecule has 0 bridgehead atoms. The van der Waals surface area contributed by atoms with Gasteiger partial charge in [0.1, 0.15) is 5.75 Å². The molecule has 1 atom stereocenters. The average molecular weight is 432 g/mol. The summed E-state index contributed by atoms with van der Waals surface area (Å²) in [5.41, 5.74) is 5.83. The number of piperidine rings is 2. The van der Waals surface area contributed by atoms with Crippen molar-refractivity contribution in [3.05, 3.63) is 24.3 Å². The van der Waals surface area contributed by atoms with E-state index in [1.807, 2.05) is 4.90 Å². The van der Waals surface area contributed by atoms with Gasteiger partial charge in [-0.05, 0) is 56.4 Å². The Morgan fingerprint density at radius 3 is 2.32 bits per heavy atom. The Balaban J connectivity index is 0.00000280. The number of ether oxygens (including phenoxy) is 1. The summed E-state index contributed by atoms with van der Waals surface area (Å²) in [6.45, 7) is 2.00. The molecule has 158 valence electrons. The summed E-state index contributed by atoms with van der Waals surface area (Å²) in [7, 11) is -2.00. The number of carbonyl (C=O) groups is 1. The predicted octanol–water partition coefficient (Wildman–Crippen LogP) is 1.86. The minimum atomic E-state index is -3.54. The summed E-state index contributed by atoms with van der Waals surface area (Å²) in [5.74, 6) is 0.653. The van der Waals surface area contributed by atoms with Crippen LogP contribution in [0.15, 0.2) is 29.2 Å². The van der Waals surface area contributed by atoms with Crippen LogP contribution in [0.3, 0.4) is 0 Å². The number of benzene rings is 1. The van der Waals surface area contributed by atoms with Crippen LogP contribution in [0, 0.1) is 5.92 Å². The molecule has 2 N–H and O–H groups in total. The Kier molecular flexibility index (Phi) is 8.12. The van der Waals surface area contributed by atoms with Crippen LogP contribution in [-0.2, 0) is 14.8 Å². The summed E-state index contributed by atoms with van der Waals surface area (Å²) in [6.07, 6.45) is 4.22. The molecule has 7 nitrogen and oxygen atoms in total. The van der Waals surface area contributed by atoms with Gasteiger partial charge in [-0.1, -0.05) is 0 Å². The van der Waals surface area contributed by atoms with Crippen LogP contribution in [0.1, 0.15) is 32.1 Å². The summed E-state index contributed by atoms with van der Waals surface area (Å²) < 4.78 is 32.2. The molecule has 2 aliphatic heterocycles. The molecule has 28 heavy (non-hydrogen) atoms. The molecule has 0 aromatic heterocycles. The number of carbonyl (C=O) groups excluding carboxylic acids is 1. The third-order valence-corrected chi connectivity index (χ3v) is 7.60. The second-order valence-corrected chi connectivity index (χ2v) is 9.21. The minimum Gasteiger partial charge on any atom is -0.497 e. The van der Waals surface area contributed by atoms with Gasteiger partial charge in [0.15, 0.2) is 0 Å². The number of nitrogens with zero attached hydrogens (tertiary/aromatic N) is 2. The summed E-state index contributed by atoms with van der Waals surface area (Å²) >= 11 is 0. The standard InChI is InChI=1S/C19H29N3O4S.ClH/c1-26-17-5-7-18(8-6-17)27(24,25)21-12-9-15(10-13-21)19(23)22-11-3-2-4-16(22)14-20;/h5-8,15-16H,2-4,9-14,20H2,1H3;1H. The van der Waals surface area contributed by atoms with Crippen molar-refractivity contribution in [2.24, 2.45) is 11.7 Å². The van der Waals surface area contributed by atoms with Gasteiger partial charge < -0.3 is 15.4 Å². The number of nitrogens with two attached hydrogens (primary N) is 1. The van der Waals surface area contributed by atoms with E-state index in [-0.39, 0.29) is 35.2 Å². The molecule has 1 unspecified atom stereocenters. The van der Waals surface area contributed by atoms with Gasteiger partial charge in [-0.25, -0.2) is 8.42 Å². The molecule has 2 aliphatic rings. The maximum absolute atomic E-state index is 12.9. The molecule has 1 amide bonds. The summed E-state index contributed by atoms with van der Waals surface area (Å²) in [5, 5.41) is 0. The van der Waals surface area contributed by atoms with Crippen molar-refractivity contribution in [3.8, 4) is 5.75 Å². The number of hydrogen-bond acceptors (Lipinski definition) is 5. The third-order valence-electron chi connectivity index (χ3n) is 5.68. The Hall–Kier alpha value is -1.35. The van der Waals surface area contributed by atoms with E-state index in [1.165, 1.54) is 4.31 Å². The average Bonchev–Trinajstić information content (AvgIpc) is 2.73. The lowest BCUT2D eigenvalue weighted by Gasteiger charge is -2.39. The van der Waals surface area contributed by atoms with Gasteiger partial charge in [-0.15, -0.1) is 12.4 Å². The number of hydrogen-bond donors (Lipinski definition) is 1. The van der Waals surface area contributed by atoms with Crippen molar-refractivity contribution in [1.82, 2.24) is 9.21 Å². The zero-order valence-electron chi connectivity index (χ0n) is 16.2. The Labute approximate surface area is 173 Å². The van der Waals surface area contributed by atoms with E-state index >= 15 is 0 Å². The highest BCUT2D eigenvalue weighted by molar-refractivity contribution is 7.89. The molecule has 0 radical (unpaired) electrons. The first-order valence-electron chi connectivity index (χ1n) is 9.62. The van der Waals surface area contributed by atoms with Crippen molar-refractivity contribution in [1.29, 1.82) is 0 Å². The molecule has 2 fully saturated rings. The van der Waals surface area contributed by atoms with Crippen LogP contribution in [-0.4, -0.2) is 62.9 Å². The van der Waals surface area contributed by atoms with Crippen LogP contribution < -0.4 is 10.5 Å². The zero-order chi connectivity index (χ0) is 19.4. The van der Waals surface area contributed by atoms with Crippen molar-refractivity contribution >= 4 is 28.3 Å². The van der Waals surface area contributed by atoms with Gasteiger partial charge in [0.2, 0.25) is 15.9 Å². The van der Waals surface area contributed by atoms with Crippen LogP contribution in [0.5, 0.6) is 5.75 Å². The number of rotatable bonds is 5. The Morgan fingerprint density at radius 1 is 1.11 bits per heavy atom. The first-order valence-corrected chi connectivity index (χ1v) is 11.1. The molecule has 2 saturated heterocycles. The van der Waals surface area contributed by atoms with Crippen LogP contribution in [0.2, 0.25) is 0 Å². The highest BCUT2D eigenvalue weighted by Crippen LogP contribution is 2.28. The van der Waals surface area contributed by atoms with Gasteiger partial charge in [-0.2, -0.15) is 4.31 Å². The molecule has 1 aromatic rings. The smallest absolute Gasteiger partial charge is 0.243 e. The normalized spacial score (nSPS) is 21.8. The number of amides is 1. The lowest BCUT2D eigenvalue weighted by Crippen LogP contribution is -2.51. The van der Waals surface area contributed by atoms with Crippen LogP contribution in [0.4, 0.5) is 0 Å². The largest absolute Gasteiger partial charge is 0.497 e. The zero-order valence-corrected chi connectivity index (χ0v) is 17.9. The van der Waals surface area contributed by atoms with Crippen molar-refractivity contribution in [2.75, 3.05) is 33.3 Å². The molecular weight excluding hydrogens is 402 g/mol. The van der Waals surface area contributed by atoms with E-state index in [0.717, 1.165) is 25.8 Å². The molecule has 2 heterocycles. The van der Waals surface area contributed by atoms with Gasteiger partial charge >= 0.3 is 0 Å². The maximum atomic E-state index is 12.9. The molecule has 0 saturated carbocycles. The van der Waals surface area contributed by atoms with E-state index in [1.54, 1.807) is 31.4 Å². The fourth-order valence-corrected chi connectivity index (χ4v) is 5.48. The Morgan fingerprint density at radius 2 is 1.75 bits per heavy atom. The molecule has 3 rings (SSSR count). The van der Waals surface area contributed by atoms with Crippen LogP contribution in [0.25, 0.3) is 0 Å². The molecule has 9 heteroatoms. The monoisotopic (exact) mass is 431 g/mol. The third kappa shape index (κ3) is 4.79. The maximum Gasteiger partial charge on any atom is 0.243 e. The van der Waals surface area contributed by atoms with E-state index in [0.29, 0.717) is 38.2 Å². The van der Waals surface area contributed by atoms with Gasteiger partial charge in [0, 0.05) is 38.1 Å². The molecule has 0 aliphatic carbocycles. The van der Waals surface area contributed by atoms with E-state index in [2.05, 4.69) is 0 Å². The molecular formula is C19H30ClN3O4S. The van der Waals surface area contributed by atoms with Gasteiger partial charge in [0.05, 0.1) is 12.0 Å². The molecule has 1 aromatic carbocycles. The van der Waals surface area contributed by atoms with Crippen molar-refractivity contribution < 1.29 is 17.9 Å². The Bertz CT molecular complexity index is 749. The SMILES string of the molecule is COc1ccc(S(=O)(=O)N2CCC(C(=O)N3CCCCC3CN)CC2)cc1.Cl. The minimum absolute atomic E-state index is 0. The van der Waals surface area contributed by atoms with Crippen molar-refractivity contribution in [3.63, 3.8) is 0 Å². The highest BCUT2D eigenvalue weighted by Gasteiger charge is 2.36. The number of halogens is 1. The topological polar surface area (TPSA) is 92.9 Å². The lowest BCUT2D eigenvalue weighted by atomic mass is 9.93. The summed E-state index contributed by atoms with van der Waals surface area (Å²) in [6, 6.07) is 6.54. The lowest BCUT2D eigenvalue weighted by molar-refractivity contribution is -0.140. The summed E-state index contributed by atoms with van der Waals surface area (Å²) in [4.78, 5) is 15.1. The predicted molar refractivity (Wildman–Crippen MR) is 110 cm³/mol. The van der Waals surface area contributed by atoms with Crippen LogP contribution >= 0.6 is 12.4 Å². The van der Waals surface area contributed by atoms with E-state index in [4.69, 9.17) is 10.5 Å². The highest BCUT2D eigenvalue weighted by atomic mass is 35.5. The molecule has 0 spiro atoms. The van der Waals surface area contributed by atoms with E-state index < -0.39 is 10.0 Å². The quantitative estimate of drug-likeness (QED) is 0.768. The number of likely N-dealkylation sites (tertiary alicyclic amines) is 1. The van der Waals surface area contributed by atoms with E-state index in [9.17, 15) is 13.2 Å². The number of sulfonamides is 1. The fraction of sp³-hybridized carbons (Fsp3) is 0.632. The fourth-order valence-electron chi connectivity index (χ4n) is 4.01. The van der Waals surface area contributed by atoms with Gasteiger partial charge in [0.25, 0.3) is 0 Å². The second-order valence-electron chi connectivity index (χ2n) is 7.27.